The largest absolute Gasteiger partial charge is 0.508 e. The fourth-order valence-corrected chi connectivity index (χ4v) is 4.32. The Bertz CT molecular complexity index is 1120. The summed E-state index contributed by atoms with van der Waals surface area (Å²) in [6.07, 6.45) is 0.955. The minimum Gasteiger partial charge on any atom is -0.508 e. The van der Waals surface area contributed by atoms with E-state index >= 15 is 0 Å². The molecule has 0 spiro atoms. The maximum atomic E-state index is 13.3. The van der Waals surface area contributed by atoms with Crippen molar-refractivity contribution in [2.24, 2.45) is 17.4 Å². The molecule has 5 amide bonds. The topological polar surface area (TPSA) is 209 Å². The molecule has 1 saturated heterocycles. The predicted molar refractivity (Wildman–Crippen MR) is 147 cm³/mol. The summed E-state index contributed by atoms with van der Waals surface area (Å²) < 4.78 is 5.93. The number of hydrogen-bond donors (Lipinski definition) is 7. The van der Waals surface area contributed by atoms with E-state index in [4.69, 9.17) is 16.2 Å². The third-order valence-corrected chi connectivity index (χ3v) is 7.31. The third kappa shape index (κ3) is 8.58. The summed E-state index contributed by atoms with van der Waals surface area (Å²) in [7, 11) is 1.45. The fraction of sp³-hybridized carbons (Fsp3) is 0.556. The van der Waals surface area contributed by atoms with Crippen molar-refractivity contribution in [1.29, 1.82) is 0 Å². The van der Waals surface area contributed by atoms with Crippen LogP contribution in [0.2, 0.25) is 0 Å². The van der Waals surface area contributed by atoms with Gasteiger partial charge in [0.15, 0.2) is 0 Å². The molecule has 3 unspecified atom stereocenters. The van der Waals surface area contributed by atoms with Gasteiger partial charge < -0.3 is 47.3 Å². The molecule has 1 heterocycles. The second kappa shape index (κ2) is 13.5. The van der Waals surface area contributed by atoms with E-state index in [1.54, 1.807) is 19.1 Å². The summed E-state index contributed by atoms with van der Waals surface area (Å²) in [5.74, 6) is -1.63. The maximum Gasteiger partial charge on any atom is 0.312 e. The van der Waals surface area contributed by atoms with Crippen LogP contribution in [0, 0.1) is 5.92 Å². The molecule has 0 bridgehead atoms. The highest BCUT2D eigenvalue weighted by Gasteiger charge is 2.39. The molecule has 13 heteroatoms. The number of likely N-dealkylation sites (N-methyl/N-ethyl adjacent to an activating group) is 1. The van der Waals surface area contributed by atoms with Crippen LogP contribution < -0.4 is 27.4 Å². The number of nitrogens with zero attached hydrogens (tertiary/aromatic N) is 1. The number of nitrogens with two attached hydrogens (primary N) is 2. The van der Waals surface area contributed by atoms with Crippen molar-refractivity contribution in [3.8, 4) is 5.75 Å². The van der Waals surface area contributed by atoms with Gasteiger partial charge in [0.2, 0.25) is 17.7 Å². The van der Waals surface area contributed by atoms with Crippen molar-refractivity contribution in [3.05, 3.63) is 41.8 Å². The van der Waals surface area contributed by atoms with E-state index in [2.05, 4.69) is 16.0 Å². The average molecular weight is 563 g/mol. The van der Waals surface area contributed by atoms with E-state index in [9.17, 15) is 29.4 Å². The number of primary amides is 1. The van der Waals surface area contributed by atoms with Gasteiger partial charge in [0.05, 0.1) is 18.2 Å². The number of rotatable bonds is 10. The van der Waals surface area contributed by atoms with Gasteiger partial charge >= 0.3 is 6.03 Å². The number of benzene rings is 1. The predicted octanol–water partition coefficient (Wildman–Crippen LogP) is -0.196. The third-order valence-electron chi connectivity index (χ3n) is 7.31. The van der Waals surface area contributed by atoms with Crippen LogP contribution in [-0.2, 0) is 25.5 Å². The molecular formula is C27H42N6O7. The quantitative estimate of drug-likeness (QED) is 0.203. The molecule has 1 aromatic carbocycles. The number of urea groups is 1. The Morgan fingerprint density at radius 3 is 2.42 bits per heavy atom. The van der Waals surface area contributed by atoms with E-state index < -0.39 is 59.6 Å². The number of hydrogen-bond acceptors (Lipinski definition) is 8. The van der Waals surface area contributed by atoms with Gasteiger partial charge in [-0.2, -0.15) is 0 Å². The molecule has 13 nitrogen and oxygen atoms in total. The van der Waals surface area contributed by atoms with Crippen LogP contribution in [0.1, 0.15) is 46.6 Å². The van der Waals surface area contributed by atoms with Gasteiger partial charge in [-0.15, -0.1) is 0 Å². The highest BCUT2D eigenvalue weighted by molar-refractivity contribution is 5.93. The van der Waals surface area contributed by atoms with E-state index in [-0.39, 0.29) is 24.5 Å². The van der Waals surface area contributed by atoms with Gasteiger partial charge in [-0.1, -0.05) is 19.1 Å². The summed E-state index contributed by atoms with van der Waals surface area (Å²) in [6, 6.07) is 1.22. The van der Waals surface area contributed by atoms with E-state index in [1.165, 1.54) is 37.2 Å². The van der Waals surface area contributed by atoms with Gasteiger partial charge in [0.25, 0.3) is 0 Å². The molecule has 1 aliphatic rings. The average Bonchev–Trinajstić information content (AvgIpc) is 2.86. The molecule has 1 fully saturated rings. The van der Waals surface area contributed by atoms with Gasteiger partial charge in [0, 0.05) is 25.6 Å². The molecule has 0 aromatic heterocycles. The first-order valence-electron chi connectivity index (χ1n) is 13.1. The molecule has 40 heavy (non-hydrogen) atoms. The van der Waals surface area contributed by atoms with Crippen LogP contribution in [0.5, 0.6) is 5.75 Å². The molecule has 1 aromatic rings. The van der Waals surface area contributed by atoms with Gasteiger partial charge in [-0.3, -0.25) is 14.4 Å². The molecule has 9 N–H and O–H groups in total. The van der Waals surface area contributed by atoms with Crippen LogP contribution in [0.15, 0.2) is 36.2 Å². The highest BCUT2D eigenvalue weighted by atomic mass is 16.5. The second-order valence-electron chi connectivity index (χ2n) is 10.8. The Balaban J connectivity index is 2.23. The van der Waals surface area contributed by atoms with E-state index in [1.807, 2.05) is 20.8 Å². The molecule has 0 aliphatic carbocycles. The molecular weight excluding hydrogens is 520 g/mol. The van der Waals surface area contributed by atoms with Crippen molar-refractivity contribution in [2.75, 3.05) is 7.05 Å². The summed E-state index contributed by atoms with van der Waals surface area (Å²) in [5.41, 5.74) is 11.2. The lowest BCUT2D eigenvalue weighted by Gasteiger charge is -2.41. The number of aliphatic hydroxyl groups excluding tert-OH is 1. The first kappa shape index (κ1) is 32.4. The minimum absolute atomic E-state index is 0.0402. The molecule has 1 aliphatic heterocycles. The van der Waals surface area contributed by atoms with Crippen LogP contribution in [0.3, 0.4) is 0 Å². The van der Waals surface area contributed by atoms with Crippen molar-refractivity contribution in [1.82, 2.24) is 20.9 Å². The van der Waals surface area contributed by atoms with Gasteiger partial charge in [-0.25, -0.2) is 4.79 Å². The maximum absolute atomic E-state index is 13.3. The second-order valence-corrected chi connectivity index (χ2v) is 10.8. The highest BCUT2D eigenvalue weighted by Crippen LogP contribution is 2.35. The zero-order chi connectivity index (χ0) is 30.4. The van der Waals surface area contributed by atoms with Crippen LogP contribution in [0.4, 0.5) is 4.79 Å². The van der Waals surface area contributed by atoms with E-state index in [0.717, 1.165) is 0 Å². The Hall–Kier alpha value is -3.84. The van der Waals surface area contributed by atoms with Crippen molar-refractivity contribution < 1.29 is 34.1 Å². The zero-order valence-corrected chi connectivity index (χ0v) is 23.8. The molecule has 6 atom stereocenters. The number of nitrogens with one attached hydrogen (secondary N) is 3. The Morgan fingerprint density at radius 1 is 1.20 bits per heavy atom. The monoisotopic (exact) mass is 562 g/mol. The van der Waals surface area contributed by atoms with E-state index in [0.29, 0.717) is 11.3 Å². The number of aliphatic hydroxyl groups is 1. The zero-order valence-electron chi connectivity index (χ0n) is 23.8. The number of carbonyl (C=O) groups is 4. The number of phenolic OH excluding ortho intramolecular Hbond substituents is 1. The van der Waals surface area contributed by atoms with Crippen molar-refractivity contribution >= 4 is 23.8 Å². The first-order valence-corrected chi connectivity index (χ1v) is 13.1. The van der Waals surface area contributed by atoms with Crippen molar-refractivity contribution in [3.63, 3.8) is 0 Å². The summed E-state index contributed by atoms with van der Waals surface area (Å²) >= 11 is 0. The molecule has 222 valence electrons. The SMILES string of the molecule is CC([C@H](NC(=O)[C@H](C)NC(N)=O)C(=O)N/C=C1/CC(O)C(C)C(C)(C)O1)N(C)C(=O)[C@@H](N)Cc1cccc(O)c1. The van der Waals surface area contributed by atoms with Crippen LogP contribution >= 0.6 is 0 Å². The molecule has 2 rings (SSSR count). The summed E-state index contributed by atoms with van der Waals surface area (Å²) in [4.78, 5) is 51.8. The standard InChI is InChI=1S/C27H42N6O7/c1-14-21(35)12-19(40-27(14,4)5)13-30-24(37)22(32-23(36)15(2)31-26(29)39)16(3)33(6)25(38)20(28)11-17-8-7-9-18(34)10-17/h7-10,13-16,20-22,34-35H,11-12,28H2,1-6H3,(H,30,37)(H,32,36)(H3,29,31,39)/b19-13-/t14?,15-,16?,20-,21?,22-/m0/s1. The Kier molecular flexibility index (Phi) is 10.9. The normalized spacial score (nSPS) is 22.1. The summed E-state index contributed by atoms with van der Waals surface area (Å²) in [5, 5.41) is 27.5. The molecule has 0 saturated carbocycles. The lowest BCUT2D eigenvalue weighted by Crippen LogP contribution is -2.61. The summed E-state index contributed by atoms with van der Waals surface area (Å²) in [6.45, 7) is 8.48. The van der Waals surface area contributed by atoms with Crippen LogP contribution in [0.25, 0.3) is 0 Å². The van der Waals surface area contributed by atoms with Gasteiger partial charge in [0.1, 0.15) is 29.2 Å². The minimum atomic E-state index is -1.27. The number of phenols is 1. The smallest absolute Gasteiger partial charge is 0.312 e. The lowest BCUT2D eigenvalue weighted by molar-refractivity contribution is -0.137. The number of amides is 5. The fourth-order valence-electron chi connectivity index (χ4n) is 4.32. The first-order chi connectivity index (χ1) is 18.5. The van der Waals surface area contributed by atoms with Gasteiger partial charge in [-0.05, 0) is 51.8 Å². The number of ether oxygens (including phenoxy) is 1. The molecule has 0 radical (unpaired) electrons. The van der Waals surface area contributed by atoms with Crippen LogP contribution in [-0.4, -0.2) is 81.8 Å². The Morgan fingerprint density at radius 2 is 1.85 bits per heavy atom. The van der Waals surface area contributed by atoms with Crippen molar-refractivity contribution in [2.45, 2.75) is 83.3 Å². The number of aromatic hydroxyl groups is 1. The Labute approximate surface area is 234 Å². The number of carbonyl (C=O) groups excluding carboxylic acids is 4. The lowest BCUT2D eigenvalue weighted by atomic mass is 9.83.